The fourth-order valence-corrected chi connectivity index (χ4v) is 3.49. The summed E-state index contributed by atoms with van der Waals surface area (Å²) in [6.45, 7) is 10.4. The number of nitrogens with zero attached hydrogens (tertiary/aromatic N) is 1. The van der Waals surface area contributed by atoms with Gasteiger partial charge in [0.15, 0.2) is 0 Å². The fraction of sp³-hybridized carbons (Fsp3) is 0.458. The van der Waals surface area contributed by atoms with E-state index in [9.17, 15) is 4.79 Å². The number of carbonyl (C=O) groups is 1. The van der Waals surface area contributed by atoms with Gasteiger partial charge in [-0.15, -0.1) is 0 Å². The molecule has 1 heterocycles. The summed E-state index contributed by atoms with van der Waals surface area (Å²) in [7, 11) is 0. The number of hydrogen-bond donors (Lipinski definition) is 1. The minimum Gasteiger partial charge on any atom is -0.494 e. The molecular weight excluding hydrogens is 396 g/mol. The zero-order valence-electron chi connectivity index (χ0n) is 18.6. The topological polar surface area (TPSA) is 69.3 Å². The molecule has 1 aliphatic rings. The van der Waals surface area contributed by atoms with Gasteiger partial charge in [0.05, 0.1) is 50.8 Å². The van der Waals surface area contributed by atoms with Gasteiger partial charge in [-0.1, -0.05) is 12.1 Å². The van der Waals surface area contributed by atoms with E-state index in [0.717, 1.165) is 35.8 Å². The highest BCUT2D eigenvalue weighted by Crippen LogP contribution is 2.39. The van der Waals surface area contributed by atoms with E-state index in [4.69, 9.17) is 18.9 Å². The fourth-order valence-electron chi connectivity index (χ4n) is 3.49. The van der Waals surface area contributed by atoms with Crippen LogP contribution in [0.25, 0.3) is 0 Å². The van der Waals surface area contributed by atoms with Gasteiger partial charge in [-0.25, -0.2) is 0 Å². The summed E-state index contributed by atoms with van der Waals surface area (Å²) < 4.78 is 22.7. The summed E-state index contributed by atoms with van der Waals surface area (Å²) in [6.07, 6.45) is 0.257. The van der Waals surface area contributed by atoms with Gasteiger partial charge in [0.2, 0.25) is 5.91 Å². The Kier molecular flexibility index (Phi) is 8.41. The monoisotopic (exact) mass is 428 g/mol. The second-order valence-corrected chi connectivity index (χ2v) is 7.08. The lowest BCUT2D eigenvalue weighted by Crippen LogP contribution is -2.36. The number of carbonyl (C=O) groups excluding carboxylic acids is 1. The number of anilines is 2. The van der Waals surface area contributed by atoms with Crippen molar-refractivity contribution in [1.29, 1.82) is 0 Å². The van der Waals surface area contributed by atoms with Crippen molar-refractivity contribution in [3.63, 3.8) is 0 Å². The van der Waals surface area contributed by atoms with Crippen molar-refractivity contribution in [3.05, 3.63) is 42.0 Å². The molecule has 31 heavy (non-hydrogen) atoms. The van der Waals surface area contributed by atoms with Gasteiger partial charge in [0.25, 0.3) is 0 Å². The van der Waals surface area contributed by atoms with Crippen LogP contribution < -0.4 is 24.4 Å². The van der Waals surface area contributed by atoms with E-state index in [2.05, 4.69) is 10.2 Å². The number of ether oxygens (including phenoxy) is 4. The first-order valence-corrected chi connectivity index (χ1v) is 10.9. The quantitative estimate of drug-likeness (QED) is 0.619. The van der Waals surface area contributed by atoms with Crippen molar-refractivity contribution in [2.24, 2.45) is 0 Å². The molecule has 0 bridgehead atoms. The van der Waals surface area contributed by atoms with E-state index >= 15 is 0 Å². The van der Waals surface area contributed by atoms with Crippen LogP contribution in [0.3, 0.4) is 0 Å². The Morgan fingerprint density at radius 3 is 2.23 bits per heavy atom. The van der Waals surface area contributed by atoms with Gasteiger partial charge < -0.3 is 29.2 Å². The molecule has 168 valence electrons. The van der Waals surface area contributed by atoms with Crippen molar-refractivity contribution < 1.29 is 23.7 Å². The largest absolute Gasteiger partial charge is 0.494 e. The Bertz CT molecular complexity index is 848. The molecule has 7 nitrogen and oxygen atoms in total. The second-order valence-electron chi connectivity index (χ2n) is 7.08. The second kappa shape index (κ2) is 11.5. The zero-order valence-corrected chi connectivity index (χ0v) is 18.6. The SMILES string of the molecule is CCOc1ccc(CC(=O)Nc2cc(OCC)c(N3CCOCC3)cc2OCC)cc1. The first kappa shape index (κ1) is 22.7. The van der Waals surface area contributed by atoms with Gasteiger partial charge in [0, 0.05) is 25.2 Å². The predicted octanol–water partition coefficient (Wildman–Crippen LogP) is 3.90. The van der Waals surface area contributed by atoms with E-state index in [-0.39, 0.29) is 12.3 Å². The van der Waals surface area contributed by atoms with Gasteiger partial charge in [0.1, 0.15) is 17.2 Å². The summed E-state index contributed by atoms with van der Waals surface area (Å²) in [5.74, 6) is 2.04. The predicted molar refractivity (Wildman–Crippen MR) is 122 cm³/mol. The normalized spacial score (nSPS) is 13.6. The minimum absolute atomic E-state index is 0.119. The van der Waals surface area contributed by atoms with Crippen molar-refractivity contribution in [3.8, 4) is 17.2 Å². The number of benzene rings is 2. The third-order valence-corrected chi connectivity index (χ3v) is 4.89. The lowest BCUT2D eigenvalue weighted by molar-refractivity contribution is -0.115. The molecule has 0 aliphatic carbocycles. The van der Waals surface area contributed by atoms with Crippen LogP contribution in [0.4, 0.5) is 11.4 Å². The maximum Gasteiger partial charge on any atom is 0.228 e. The highest BCUT2D eigenvalue weighted by Gasteiger charge is 2.20. The lowest BCUT2D eigenvalue weighted by Gasteiger charge is -2.31. The molecule has 0 radical (unpaired) electrons. The summed E-state index contributed by atoms with van der Waals surface area (Å²) in [6, 6.07) is 11.4. The van der Waals surface area contributed by atoms with Crippen LogP contribution in [0.5, 0.6) is 17.2 Å². The van der Waals surface area contributed by atoms with Crippen LogP contribution in [-0.2, 0) is 16.0 Å². The van der Waals surface area contributed by atoms with Crippen molar-refractivity contribution in [2.75, 3.05) is 56.3 Å². The molecular formula is C24H32N2O5. The van der Waals surface area contributed by atoms with Gasteiger partial charge in [-0.3, -0.25) is 4.79 Å². The summed E-state index contributed by atoms with van der Waals surface area (Å²) in [5.41, 5.74) is 2.48. The zero-order chi connectivity index (χ0) is 22.1. The van der Waals surface area contributed by atoms with E-state index in [0.29, 0.717) is 44.5 Å². The average Bonchev–Trinajstić information content (AvgIpc) is 2.78. The van der Waals surface area contributed by atoms with Crippen LogP contribution >= 0.6 is 0 Å². The van der Waals surface area contributed by atoms with E-state index in [1.165, 1.54) is 0 Å². The summed E-state index contributed by atoms with van der Waals surface area (Å²) >= 11 is 0. The summed E-state index contributed by atoms with van der Waals surface area (Å²) in [4.78, 5) is 15.0. The standard InChI is InChI=1S/C24H32N2O5/c1-4-29-19-9-7-18(8-10-19)15-24(27)25-20-16-23(31-6-3)21(17-22(20)30-5-2)26-11-13-28-14-12-26/h7-10,16-17H,4-6,11-15H2,1-3H3,(H,25,27). The average molecular weight is 429 g/mol. The highest BCUT2D eigenvalue weighted by atomic mass is 16.5. The molecule has 1 saturated heterocycles. The Hall–Kier alpha value is -2.93. The van der Waals surface area contributed by atoms with Gasteiger partial charge >= 0.3 is 0 Å². The molecule has 2 aromatic carbocycles. The van der Waals surface area contributed by atoms with Gasteiger partial charge in [-0.2, -0.15) is 0 Å². The number of hydrogen-bond acceptors (Lipinski definition) is 6. The third kappa shape index (κ3) is 6.28. The Morgan fingerprint density at radius 2 is 1.58 bits per heavy atom. The molecule has 2 aromatic rings. The first-order chi connectivity index (χ1) is 15.1. The number of morpholine rings is 1. The van der Waals surface area contributed by atoms with Crippen molar-refractivity contribution in [1.82, 2.24) is 0 Å². The van der Waals surface area contributed by atoms with Crippen LogP contribution in [0.15, 0.2) is 36.4 Å². The molecule has 3 rings (SSSR count). The van der Waals surface area contributed by atoms with Crippen LogP contribution in [0.1, 0.15) is 26.3 Å². The van der Waals surface area contributed by atoms with Crippen molar-refractivity contribution >= 4 is 17.3 Å². The Balaban J connectivity index is 1.79. The highest BCUT2D eigenvalue weighted by molar-refractivity contribution is 5.94. The summed E-state index contributed by atoms with van der Waals surface area (Å²) in [5, 5.41) is 2.99. The van der Waals surface area contributed by atoms with Crippen LogP contribution in [0.2, 0.25) is 0 Å². The number of nitrogens with one attached hydrogen (secondary N) is 1. The van der Waals surface area contributed by atoms with Crippen LogP contribution in [-0.4, -0.2) is 52.0 Å². The maximum atomic E-state index is 12.7. The van der Waals surface area contributed by atoms with Gasteiger partial charge in [-0.05, 0) is 38.5 Å². The molecule has 1 fully saturated rings. The Labute approximate surface area is 184 Å². The minimum atomic E-state index is -0.119. The molecule has 0 unspecified atom stereocenters. The van der Waals surface area contributed by atoms with E-state index in [1.807, 2.05) is 57.2 Å². The molecule has 0 aromatic heterocycles. The Morgan fingerprint density at radius 1 is 0.935 bits per heavy atom. The number of rotatable bonds is 10. The smallest absolute Gasteiger partial charge is 0.228 e. The molecule has 1 aliphatic heterocycles. The first-order valence-electron chi connectivity index (χ1n) is 10.9. The molecule has 0 atom stereocenters. The molecule has 0 spiro atoms. The van der Waals surface area contributed by atoms with E-state index < -0.39 is 0 Å². The molecule has 0 saturated carbocycles. The third-order valence-electron chi connectivity index (χ3n) is 4.89. The molecule has 1 N–H and O–H groups in total. The lowest BCUT2D eigenvalue weighted by atomic mass is 10.1. The molecule has 7 heteroatoms. The number of amides is 1. The van der Waals surface area contributed by atoms with Crippen LogP contribution in [0, 0.1) is 0 Å². The molecule has 1 amide bonds. The van der Waals surface area contributed by atoms with E-state index in [1.54, 1.807) is 0 Å². The maximum absolute atomic E-state index is 12.7. The van der Waals surface area contributed by atoms with Crippen molar-refractivity contribution in [2.45, 2.75) is 27.2 Å².